The molecule has 0 radical (unpaired) electrons. The average molecular weight is 311 g/mol. The summed E-state index contributed by atoms with van der Waals surface area (Å²) in [5.41, 5.74) is 2.93. The van der Waals surface area contributed by atoms with Crippen LogP contribution in [0.1, 0.15) is 40.7 Å². The van der Waals surface area contributed by atoms with Gasteiger partial charge in [-0.1, -0.05) is 43.3 Å². The van der Waals surface area contributed by atoms with Crippen molar-refractivity contribution in [2.24, 2.45) is 0 Å². The lowest BCUT2D eigenvalue weighted by Gasteiger charge is -2.17. The van der Waals surface area contributed by atoms with Gasteiger partial charge in [0.05, 0.1) is 18.6 Å². The monoisotopic (exact) mass is 311 g/mol. The van der Waals surface area contributed by atoms with E-state index in [1.807, 2.05) is 44.2 Å². The molecule has 0 fully saturated rings. The minimum Gasteiger partial charge on any atom is -0.465 e. The molecule has 4 nitrogen and oxygen atoms in total. The number of ether oxygens (including phenoxy) is 1. The van der Waals surface area contributed by atoms with Crippen LogP contribution >= 0.6 is 0 Å². The molecule has 2 rings (SSSR count). The lowest BCUT2D eigenvalue weighted by atomic mass is 9.95. The van der Waals surface area contributed by atoms with Crippen molar-refractivity contribution in [1.82, 2.24) is 0 Å². The molecular weight excluding hydrogens is 290 g/mol. The second-order valence-electron chi connectivity index (χ2n) is 5.38. The maximum atomic E-state index is 12.6. The first kappa shape index (κ1) is 16.7. The molecule has 0 spiro atoms. The molecule has 0 aliphatic rings. The zero-order chi connectivity index (χ0) is 16.8. The maximum absolute atomic E-state index is 12.6. The van der Waals surface area contributed by atoms with Crippen LogP contribution in [0.2, 0.25) is 0 Å². The first-order valence-electron chi connectivity index (χ1n) is 7.61. The number of hydrogen-bond donors (Lipinski definition) is 1. The Morgan fingerprint density at radius 1 is 1.13 bits per heavy atom. The highest BCUT2D eigenvalue weighted by Crippen LogP contribution is 2.24. The highest BCUT2D eigenvalue weighted by molar-refractivity contribution is 5.98. The number of esters is 1. The summed E-state index contributed by atoms with van der Waals surface area (Å²) in [6, 6.07) is 14.8. The van der Waals surface area contributed by atoms with Gasteiger partial charge in [0.1, 0.15) is 0 Å². The van der Waals surface area contributed by atoms with E-state index in [2.05, 4.69) is 5.32 Å². The third-order valence-electron chi connectivity index (χ3n) is 3.84. The highest BCUT2D eigenvalue weighted by Gasteiger charge is 2.19. The average Bonchev–Trinajstić information content (AvgIpc) is 2.57. The largest absolute Gasteiger partial charge is 0.465 e. The van der Waals surface area contributed by atoms with Crippen LogP contribution in [0.25, 0.3) is 0 Å². The summed E-state index contributed by atoms with van der Waals surface area (Å²) in [5.74, 6) is -0.725. The molecular formula is C19H21NO3. The molecule has 0 aliphatic carbocycles. The topological polar surface area (TPSA) is 55.4 Å². The van der Waals surface area contributed by atoms with E-state index in [-0.39, 0.29) is 11.8 Å². The van der Waals surface area contributed by atoms with Crippen LogP contribution in [0.4, 0.5) is 5.69 Å². The zero-order valence-electron chi connectivity index (χ0n) is 13.6. The standard InChI is InChI=1S/C19H21NO3/c1-4-16(14-8-6-5-7-9-14)18(21)20-17-12-15(19(22)23-3)11-10-13(17)2/h5-12,16H,4H2,1-3H3,(H,20,21). The summed E-state index contributed by atoms with van der Waals surface area (Å²) in [6.45, 7) is 3.87. The second-order valence-corrected chi connectivity index (χ2v) is 5.38. The lowest BCUT2D eigenvalue weighted by molar-refractivity contribution is -0.117. The maximum Gasteiger partial charge on any atom is 0.337 e. The van der Waals surface area contributed by atoms with Gasteiger partial charge in [-0.2, -0.15) is 0 Å². The Hall–Kier alpha value is -2.62. The Labute approximate surface area is 136 Å². The summed E-state index contributed by atoms with van der Waals surface area (Å²) >= 11 is 0. The van der Waals surface area contributed by atoms with Crippen molar-refractivity contribution in [3.63, 3.8) is 0 Å². The third kappa shape index (κ3) is 3.97. The number of rotatable bonds is 5. The molecule has 0 aromatic heterocycles. The van der Waals surface area contributed by atoms with Crippen molar-refractivity contribution in [3.05, 3.63) is 65.2 Å². The fourth-order valence-electron chi connectivity index (χ4n) is 2.48. The number of anilines is 1. The van der Waals surface area contributed by atoms with Crippen molar-refractivity contribution in [2.75, 3.05) is 12.4 Å². The zero-order valence-corrected chi connectivity index (χ0v) is 13.6. The molecule has 4 heteroatoms. The smallest absolute Gasteiger partial charge is 0.337 e. The summed E-state index contributed by atoms with van der Waals surface area (Å²) < 4.78 is 4.72. The predicted molar refractivity (Wildman–Crippen MR) is 90.6 cm³/mol. The van der Waals surface area contributed by atoms with Gasteiger partial charge < -0.3 is 10.1 Å². The highest BCUT2D eigenvalue weighted by atomic mass is 16.5. The van der Waals surface area contributed by atoms with E-state index < -0.39 is 5.97 Å². The number of carbonyl (C=O) groups excluding carboxylic acids is 2. The van der Waals surface area contributed by atoms with Gasteiger partial charge in [0.15, 0.2) is 0 Å². The number of amides is 1. The third-order valence-corrected chi connectivity index (χ3v) is 3.84. The first-order chi connectivity index (χ1) is 11.1. The van der Waals surface area contributed by atoms with Gasteiger partial charge >= 0.3 is 5.97 Å². The molecule has 0 aliphatic heterocycles. The number of methoxy groups -OCH3 is 1. The minimum absolute atomic E-state index is 0.0798. The van der Waals surface area contributed by atoms with Gasteiger partial charge in [0.25, 0.3) is 0 Å². The quantitative estimate of drug-likeness (QED) is 0.852. The number of nitrogens with one attached hydrogen (secondary N) is 1. The van der Waals surface area contributed by atoms with E-state index in [1.165, 1.54) is 7.11 Å². The van der Waals surface area contributed by atoms with Crippen molar-refractivity contribution < 1.29 is 14.3 Å². The van der Waals surface area contributed by atoms with E-state index in [1.54, 1.807) is 18.2 Å². The van der Waals surface area contributed by atoms with Crippen LogP contribution in [-0.2, 0) is 9.53 Å². The van der Waals surface area contributed by atoms with Crippen molar-refractivity contribution in [2.45, 2.75) is 26.2 Å². The number of aryl methyl sites for hydroxylation is 1. The van der Waals surface area contributed by atoms with Gasteiger partial charge in [-0.05, 0) is 36.6 Å². The fraction of sp³-hybridized carbons (Fsp3) is 0.263. The first-order valence-corrected chi connectivity index (χ1v) is 7.61. The van der Waals surface area contributed by atoms with E-state index >= 15 is 0 Å². The predicted octanol–water partition coefficient (Wildman–Crippen LogP) is 3.91. The molecule has 0 saturated carbocycles. The molecule has 0 heterocycles. The summed E-state index contributed by atoms with van der Waals surface area (Å²) in [4.78, 5) is 24.3. The summed E-state index contributed by atoms with van der Waals surface area (Å²) in [5, 5.41) is 2.93. The van der Waals surface area contributed by atoms with Crippen LogP contribution in [0.5, 0.6) is 0 Å². The van der Waals surface area contributed by atoms with E-state index in [0.29, 0.717) is 17.7 Å². The molecule has 0 bridgehead atoms. The molecule has 1 atom stereocenters. The van der Waals surface area contributed by atoms with E-state index in [9.17, 15) is 9.59 Å². The Bertz CT molecular complexity index is 695. The molecule has 120 valence electrons. The van der Waals surface area contributed by atoms with Gasteiger partial charge in [0.2, 0.25) is 5.91 Å². The SMILES string of the molecule is CCC(C(=O)Nc1cc(C(=O)OC)ccc1C)c1ccccc1. The van der Waals surface area contributed by atoms with Gasteiger partial charge in [-0.3, -0.25) is 4.79 Å². The van der Waals surface area contributed by atoms with Crippen LogP contribution in [0.3, 0.4) is 0 Å². The minimum atomic E-state index is -0.421. The van der Waals surface area contributed by atoms with Crippen molar-refractivity contribution >= 4 is 17.6 Å². The number of benzene rings is 2. The van der Waals surface area contributed by atoms with Crippen LogP contribution in [0, 0.1) is 6.92 Å². The molecule has 23 heavy (non-hydrogen) atoms. The summed E-state index contributed by atoms with van der Waals surface area (Å²) in [7, 11) is 1.34. The normalized spacial score (nSPS) is 11.6. The van der Waals surface area contributed by atoms with Gasteiger partial charge in [0, 0.05) is 5.69 Å². The van der Waals surface area contributed by atoms with Crippen LogP contribution < -0.4 is 5.32 Å². The Balaban J connectivity index is 2.23. The number of carbonyl (C=O) groups is 2. The summed E-state index contributed by atoms with van der Waals surface area (Å²) in [6.07, 6.45) is 0.700. The van der Waals surface area contributed by atoms with Gasteiger partial charge in [-0.15, -0.1) is 0 Å². The number of hydrogen-bond acceptors (Lipinski definition) is 3. The van der Waals surface area contributed by atoms with Crippen molar-refractivity contribution in [1.29, 1.82) is 0 Å². The second kappa shape index (κ2) is 7.58. The fourth-order valence-corrected chi connectivity index (χ4v) is 2.48. The Morgan fingerprint density at radius 3 is 2.43 bits per heavy atom. The van der Waals surface area contributed by atoms with Crippen LogP contribution in [-0.4, -0.2) is 19.0 Å². The lowest BCUT2D eigenvalue weighted by Crippen LogP contribution is -2.21. The van der Waals surface area contributed by atoms with Crippen LogP contribution in [0.15, 0.2) is 48.5 Å². The molecule has 0 saturated heterocycles. The van der Waals surface area contributed by atoms with E-state index in [4.69, 9.17) is 4.74 Å². The van der Waals surface area contributed by atoms with E-state index in [0.717, 1.165) is 11.1 Å². The molecule has 2 aromatic carbocycles. The van der Waals surface area contributed by atoms with Gasteiger partial charge in [-0.25, -0.2) is 4.79 Å². The molecule has 1 N–H and O–H groups in total. The van der Waals surface area contributed by atoms with Crippen molar-refractivity contribution in [3.8, 4) is 0 Å². The molecule has 1 unspecified atom stereocenters. The molecule has 2 aromatic rings. The Morgan fingerprint density at radius 2 is 1.83 bits per heavy atom. The molecule has 1 amide bonds. The Kier molecular flexibility index (Phi) is 5.52.